The van der Waals surface area contributed by atoms with Crippen molar-refractivity contribution in [3.63, 3.8) is 0 Å². The molecule has 2 heterocycles. The van der Waals surface area contributed by atoms with Crippen LogP contribution in [0.1, 0.15) is 19.8 Å². The van der Waals surface area contributed by atoms with Crippen molar-refractivity contribution in [2.24, 2.45) is 0 Å². The molecule has 10 heteroatoms. The molecule has 1 aliphatic rings. The number of anilines is 2. The Balaban J connectivity index is 1.93. The van der Waals surface area contributed by atoms with Crippen molar-refractivity contribution in [2.75, 3.05) is 43.6 Å². The van der Waals surface area contributed by atoms with Crippen LogP contribution in [0.5, 0.6) is 5.75 Å². The molecule has 35 heavy (non-hydrogen) atoms. The van der Waals surface area contributed by atoms with Gasteiger partial charge in [0.15, 0.2) is 0 Å². The minimum atomic E-state index is -0.519. The first-order valence-electron chi connectivity index (χ1n) is 11.4. The van der Waals surface area contributed by atoms with Gasteiger partial charge in [-0.2, -0.15) is 9.78 Å². The Kier molecular flexibility index (Phi) is 6.81. The van der Waals surface area contributed by atoms with Crippen LogP contribution in [0.3, 0.4) is 0 Å². The van der Waals surface area contributed by atoms with Crippen LogP contribution < -0.4 is 20.1 Å². The van der Waals surface area contributed by atoms with Crippen LogP contribution in [-0.4, -0.2) is 54.3 Å². The van der Waals surface area contributed by atoms with Gasteiger partial charge in [0.1, 0.15) is 22.9 Å². The lowest BCUT2D eigenvalue weighted by Crippen LogP contribution is -2.34. The number of nitro benzene ring substituents is 1. The predicted octanol–water partition coefficient (Wildman–Crippen LogP) is 3.44. The number of Topliss-reactive ketones (excluding diaryl/α,β-unsaturated/α-hetero) is 1. The smallest absolute Gasteiger partial charge is 0.295 e. The van der Waals surface area contributed by atoms with E-state index in [-0.39, 0.29) is 17.2 Å². The van der Waals surface area contributed by atoms with E-state index in [1.165, 1.54) is 6.07 Å². The van der Waals surface area contributed by atoms with E-state index in [1.54, 1.807) is 49.4 Å². The van der Waals surface area contributed by atoms with Crippen LogP contribution in [0.25, 0.3) is 16.9 Å². The van der Waals surface area contributed by atoms with Crippen molar-refractivity contribution in [2.45, 2.75) is 19.8 Å². The third kappa shape index (κ3) is 4.86. The number of methoxy groups -OCH3 is 1. The largest absolute Gasteiger partial charge is 0.497 e. The summed E-state index contributed by atoms with van der Waals surface area (Å²) < 4.78 is 6.43. The highest BCUT2D eigenvalue weighted by Crippen LogP contribution is 2.30. The van der Waals surface area contributed by atoms with E-state index in [0.29, 0.717) is 60.9 Å². The summed E-state index contributed by atoms with van der Waals surface area (Å²) in [7, 11) is 3.35. The summed E-state index contributed by atoms with van der Waals surface area (Å²) in [5, 5.41) is 16.5. The Morgan fingerprint density at radius 3 is 2.51 bits per heavy atom. The number of hydrogen-bond acceptors (Lipinski definition) is 8. The van der Waals surface area contributed by atoms with Gasteiger partial charge in [-0.1, -0.05) is 12.1 Å². The Morgan fingerprint density at radius 2 is 1.86 bits per heavy atom. The molecular formula is C25H27N5O5. The molecule has 1 fully saturated rings. The van der Waals surface area contributed by atoms with Gasteiger partial charge in [0.05, 0.1) is 17.7 Å². The lowest BCUT2D eigenvalue weighted by atomic mass is 10.1. The zero-order valence-corrected chi connectivity index (χ0v) is 19.9. The second kappa shape index (κ2) is 9.96. The average Bonchev–Trinajstić information content (AvgIpc) is 2.88. The topological polar surface area (TPSA) is 111 Å². The van der Waals surface area contributed by atoms with Crippen LogP contribution in [-0.2, 0) is 4.79 Å². The van der Waals surface area contributed by atoms with Gasteiger partial charge in [-0.05, 0) is 37.3 Å². The molecule has 0 N–H and O–H groups in total. The van der Waals surface area contributed by atoms with E-state index in [4.69, 9.17) is 4.74 Å². The number of benzene rings is 2. The zero-order chi connectivity index (χ0) is 25.1. The Labute approximate surface area is 202 Å². The fraction of sp³-hybridized carbons (Fsp3) is 0.320. The zero-order valence-electron chi connectivity index (χ0n) is 19.9. The van der Waals surface area contributed by atoms with Gasteiger partial charge in [-0.15, -0.1) is 0 Å². The summed E-state index contributed by atoms with van der Waals surface area (Å²) in [6.07, 6.45) is 0.836. The SMILES string of the molecule is CCN(C)c1cc(-c2cccc(OC)c2)nn(-c2cc(N3CCC(=O)CC3)ccc2[N+](=O)[O-])c1=O. The van der Waals surface area contributed by atoms with Crippen LogP contribution in [0.4, 0.5) is 17.1 Å². The highest BCUT2D eigenvalue weighted by Gasteiger charge is 2.24. The van der Waals surface area contributed by atoms with Crippen LogP contribution >= 0.6 is 0 Å². The standard InChI is InChI=1S/C25H27N5O5/c1-4-27(2)24-16-21(17-6-5-7-20(14-17)35-3)26-29(25(24)32)23-15-18(8-9-22(23)30(33)34)28-12-10-19(31)11-13-28/h5-9,14-16H,4,10-13H2,1-3H3. The van der Waals surface area contributed by atoms with Gasteiger partial charge in [-0.3, -0.25) is 19.7 Å². The summed E-state index contributed by atoms with van der Waals surface area (Å²) in [5.74, 6) is 0.819. The number of rotatable bonds is 7. The normalized spacial score (nSPS) is 13.6. The van der Waals surface area contributed by atoms with Crippen molar-refractivity contribution in [3.8, 4) is 22.7 Å². The molecule has 1 saturated heterocycles. The van der Waals surface area contributed by atoms with E-state index in [2.05, 4.69) is 5.10 Å². The number of carbonyl (C=O) groups is 1. The third-order valence-corrected chi connectivity index (χ3v) is 6.21. The summed E-state index contributed by atoms with van der Waals surface area (Å²) >= 11 is 0. The molecule has 0 saturated carbocycles. The first-order chi connectivity index (χ1) is 16.8. The predicted molar refractivity (Wildman–Crippen MR) is 134 cm³/mol. The van der Waals surface area contributed by atoms with E-state index in [1.807, 2.05) is 24.0 Å². The molecule has 2 aromatic carbocycles. The minimum absolute atomic E-state index is 0.0740. The quantitative estimate of drug-likeness (QED) is 0.376. The second-order valence-corrected chi connectivity index (χ2v) is 8.33. The molecule has 0 aliphatic carbocycles. The number of piperidine rings is 1. The van der Waals surface area contributed by atoms with Crippen molar-refractivity contribution in [1.29, 1.82) is 0 Å². The number of aromatic nitrogens is 2. The van der Waals surface area contributed by atoms with Gasteiger partial charge < -0.3 is 14.5 Å². The van der Waals surface area contributed by atoms with E-state index < -0.39 is 10.5 Å². The molecule has 182 valence electrons. The molecule has 0 atom stereocenters. The lowest BCUT2D eigenvalue weighted by Gasteiger charge is -2.28. The summed E-state index contributed by atoms with van der Waals surface area (Å²) in [5.41, 5.74) is 1.62. The number of ketones is 1. The van der Waals surface area contributed by atoms with Gasteiger partial charge >= 0.3 is 0 Å². The van der Waals surface area contributed by atoms with E-state index in [9.17, 15) is 19.7 Å². The van der Waals surface area contributed by atoms with Crippen molar-refractivity contribution in [1.82, 2.24) is 9.78 Å². The molecule has 0 amide bonds. The van der Waals surface area contributed by atoms with Gasteiger partial charge in [0.25, 0.3) is 11.2 Å². The number of nitro groups is 1. The molecule has 3 aromatic rings. The number of nitrogens with zero attached hydrogens (tertiary/aromatic N) is 5. The molecule has 0 unspecified atom stereocenters. The molecule has 1 aliphatic heterocycles. The monoisotopic (exact) mass is 477 g/mol. The fourth-order valence-electron chi connectivity index (χ4n) is 4.06. The first kappa shape index (κ1) is 23.9. The van der Waals surface area contributed by atoms with E-state index >= 15 is 0 Å². The Hall–Kier alpha value is -4.21. The maximum absolute atomic E-state index is 13.5. The first-order valence-corrected chi connectivity index (χ1v) is 11.4. The molecular weight excluding hydrogens is 450 g/mol. The maximum atomic E-state index is 13.5. The van der Waals surface area contributed by atoms with Gasteiger partial charge in [-0.25, -0.2) is 0 Å². The summed E-state index contributed by atoms with van der Waals surface area (Å²) in [6.45, 7) is 3.51. The third-order valence-electron chi connectivity index (χ3n) is 6.21. The second-order valence-electron chi connectivity index (χ2n) is 8.33. The molecule has 0 spiro atoms. The van der Waals surface area contributed by atoms with Gasteiger partial charge in [0.2, 0.25) is 0 Å². The highest BCUT2D eigenvalue weighted by molar-refractivity contribution is 5.81. The van der Waals surface area contributed by atoms with Crippen LogP contribution in [0, 0.1) is 10.1 Å². The highest BCUT2D eigenvalue weighted by atomic mass is 16.6. The Bertz CT molecular complexity index is 1330. The van der Waals surface area contributed by atoms with Crippen molar-refractivity contribution in [3.05, 3.63) is 69.0 Å². The van der Waals surface area contributed by atoms with Crippen LogP contribution in [0.2, 0.25) is 0 Å². The molecule has 4 rings (SSSR count). The van der Waals surface area contributed by atoms with E-state index in [0.717, 1.165) is 4.68 Å². The minimum Gasteiger partial charge on any atom is -0.497 e. The van der Waals surface area contributed by atoms with Crippen LogP contribution in [0.15, 0.2) is 53.3 Å². The van der Waals surface area contributed by atoms with Crippen molar-refractivity contribution >= 4 is 22.8 Å². The Morgan fingerprint density at radius 1 is 1.11 bits per heavy atom. The number of ether oxygens (including phenoxy) is 1. The lowest BCUT2D eigenvalue weighted by molar-refractivity contribution is -0.384. The molecule has 0 bridgehead atoms. The molecule has 10 nitrogen and oxygen atoms in total. The van der Waals surface area contributed by atoms with Gasteiger partial charge in [0, 0.05) is 56.8 Å². The van der Waals surface area contributed by atoms with Crippen molar-refractivity contribution < 1.29 is 14.5 Å². The number of hydrogen-bond donors (Lipinski definition) is 0. The average molecular weight is 478 g/mol. The maximum Gasteiger partial charge on any atom is 0.295 e. The molecule has 1 aromatic heterocycles. The summed E-state index contributed by atoms with van der Waals surface area (Å²) in [6, 6.07) is 13.6. The summed E-state index contributed by atoms with van der Waals surface area (Å²) in [4.78, 5) is 40.4. The molecule has 0 radical (unpaired) electrons. The fourth-order valence-corrected chi connectivity index (χ4v) is 4.06. The number of carbonyl (C=O) groups excluding carboxylic acids is 1.